The second-order valence-electron chi connectivity index (χ2n) is 2.22. The Kier molecular flexibility index (Phi) is 2.78. The van der Waals surface area contributed by atoms with Crippen LogP contribution in [-0.2, 0) is 4.74 Å². The minimum atomic E-state index is 0.0162. The molecule has 0 aliphatic heterocycles. The second kappa shape index (κ2) is 3.86. The standard InChI is InChI=1S/C9H12O2/c1-3-8(10-4-2)9-6-5-7-11-9/h4-8H,2-3H2,1H3. The Bertz CT molecular complexity index is 201. The Morgan fingerprint density at radius 3 is 3.09 bits per heavy atom. The van der Waals surface area contributed by atoms with Crippen molar-refractivity contribution in [3.05, 3.63) is 37.0 Å². The van der Waals surface area contributed by atoms with E-state index in [0.29, 0.717) is 0 Å². The first-order chi connectivity index (χ1) is 5.38. The average molecular weight is 152 g/mol. The highest BCUT2D eigenvalue weighted by Gasteiger charge is 2.10. The molecule has 0 bridgehead atoms. The van der Waals surface area contributed by atoms with E-state index < -0.39 is 0 Å². The number of hydrogen-bond donors (Lipinski definition) is 0. The Morgan fingerprint density at radius 1 is 1.82 bits per heavy atom. The first-order valence-electron chi connectivity index (χ1n) is 3.68. The van der Waals surface area contributed by atoms with Gasteiger partial charge in [0.25, 0.3) is 0 Å². The average Bonchev–Trinajstić information content (AvgIpc) is 2.52. The van der Waals surface area contributed by atoms with Gasteiger partial charge in [-0.05, 0) is 18.6 Å². The zero-order chi connectivity index (χ0) is 8.10. The van der Waals surface area contributed by atoms with Crippen LogP contribution in [0.15, 0.2) is 35.7 Å². The van der Waals surface area contributed by atoms with Crippen LogP contribution in [0.4, 0.5) is 0 Å². The molecule has 1 heterocycles. The van der Waals surface area contributed by atoms with Gasteiger partial charge in [0.2, 0.25) is 0 Å². The lowest BCUT2D eigenvalue weighted by Gasteiger charge is -2.10. The van der Waals surface area contributed by atoms with Gasteiger partial charge in [-0.1, -0.05) is 13.5 Å². The Balaban J connectivity index is 2.62. The summed E-state index contributed by atoms with van der Waals surface area (Å²) in [6, 6.07) is 3.75. The molecular weight excluding hydrogens is 140 g/mol. The summed E-state index contributed by atoms with van der Waals surface area (Å²) in [4.78, 5) is 0. The summed E-state index contributed by atoms with van der Waals surface area (Å²) in [5.41, 5.74) is 0. The molecule has 0 radical (unpaired) electrons. The molecule has 1 rings (SSSR count). The van der Waals surface area contributed by atoms with E-state index in [9.17, 15) is 0 Å². The minimum absolute atomic E-state index is 0.0162. The third kappa shape index (κ3) is 1.87. The third-order valence-corrected chi connectivity index (χ3v) is 1.49. The van der Waals surface area contributed by atoms with E-state index in [4.69, 9.17) is 9.15 Å². The van der Waals surface area contributed by atoms with Crippen LogP contribution in [-0.4, -0.2) is 0 Å². The first kappa shape index (κ1) is 7.92. The zero-order valence-corrected chi connectivity index (χ0v) is 6.62. The summed E-state index contributed by atoms with van der Waals surface area (Å²) in [5, 5.41) is 0. The van der Waals surface area contributed by atoms with E-state index in [1.807, 2.05) is 19.1 Å². The second-order valence-corrected chi connectivity index (χ2v) is 2.22. The molecule has 0 aliphatic rings. The largest absolute Gasteiger partial charge is 0.491 e. The molecule has 0 amide bonds. The molecule has 0 spiro atoms. The van der Waals surface area contributed by atoms with Crippen molar-refractivity contribution >= 4 is 0 Å². The van der Waals surface area contributed by atoms with Gasteiger partial charge in [-0.15, -0.1) is 0 Å². The summed E-state index contributed by atoms with van der Waals surface area (Å²) in [7, 11) is 0. The van der Waals surface area contributed by atoms with E-state index in [2.05, 4.69) is 6.58 Å². The van der Waals surface area contributed by atoms with Crippen molar-refractivity contribution in [2.24, 2.45) is 0 Å². The molecule has 0 N–H and O–H groups in total. The Morgan fingerprint density at radius 2 is 2.64 bits per heavy atom. The zero-order valence-electron chi connectivity index (χ0n) is 6.62. The molecule has 2 nitrogen and oxygen atoms in total. The summed E-state index contributed by atoms with van der Waals surface area (Å²) >= 11 is 0. The lowest BCUT2D eigenvalue weighted by molar-refractivity contribution is 0.120. The molecule has 0 saturated heterocycles. The van der Waals surface area contributed by atoms with Gasteiger partial charge >= 0.3 is 0 Å². The van der Waals surface area contributed by atoms with Crippen molar-refractivity contribution in [3.8, 4) is 0 Å². The molecule has 2 heteroatoms. The Hall–Kier alpha value is -1.18. The monoisotopic (exact) mass is 152 g/mol. The van der Waals surface area contributed by atoms with E-state index in [0.717, 1.165) is 12.2 Å². The van der Waals surface area contributed by atoms with Crippen LogP contribution >= 0.6 is 0 Å². The minimum Gasteiger partial charge on any atom is -0.491 e. The highest BCUT2D eigenvalue weighted by Crippen LogP contribution is 2.20. The number of rotatable bonds is 4. The molecule has 1 aromatic rings. The molecule has 1 atom stereocenters. The highest BCUT2D eigenvalue weighted by atomic mass is 16.5. The maximum Gasteiger partial charge on any atom is 0.155 e. The first-order valence-corrected chi connectivity index (χ1v) is 3.68. The van der Waals surface area contributed by atoms with Crippen molar-refractivity contribution in [1.29, 1.82) is 0 Å². The molecule has 60 valence electrons. The van der Waals surface area contributed by atoms with E-state index in [1.54, 1.807) is 6.26 Å². The lowest BCUT2D eigenvalue weighted by atomic mass is 10.2. The Labute approximate surface area is 66.5 Å². The fourth-order valence-electron chi connectivity index (χ4n) is 0.955. The predicted octanol–water partition coefficient (Wildman–Crippen LogP) is 2.89. The SMILES string of the molecule is C=COC(CC)c1ccco1. The summed E-state index contributed by atoms with van der Waals surface area (Å²) < 4.78 is 10.4. The maximum atomic E-state index is 5.21. The van der Waals surface area contributed by atoms with Crippen LogP contribution in [0.2, 0.25) is 0 Å². The summed E-state index contributed by atoms with van der Waals surface area (Å²) in [6.45, 7) is 5.53. The van der Waals surface area contributed by atoms with Crippen molar-refractivity contribution < 1.29 is 9.15 Å². The van der Waals surface area contributed by atoms with Crippen molar-refractivity contribution in [2.45, 2.75) is 19.4 Å². The topological polar surface area (TPSA) is 22.4 Å². The van der Waals surface area contributed by atoms with Gasteiger partial charge in [0.1, 0.15) is 5.76 Å². The normalized spacial score (nSPS) is 12.5. The van der Waals surface area contributed by atoms with Gasteiger partial charge in [-0.25, -0.2) is 0 Å². The van der Waals surface area contributed by atoms with Crippen molar-refractivity contribution in [1.82, 2.24) is 0 Å². The maximum absolute atomic E-state index is 5.21. The number of furan rings is 1. The van der Waals surface area contributed by atoms with Crippen LogP contribution in [0.25, 0.3) is 0 Å². The molecule has 0 aromatic carbocycles. The van der Waals surface area contributed by atoms with Crippen molar-refractivity contribution in [3.63, 3.8) is 0 Å². The lowest BCUT2D eigenvalue weighted by Crippen LogP contribution is -1.96. The van der Waals surface area contributed by atoms with Crippen molar-refractivity contribution in [2.75, 3.05) is 0 Å². The fraction of sp³-hybridized carbons (Fsp3) is 0.333. The number of hydrogen-bond acceptors (Lipinski definition) is 2. The van der Waals surface area contributed by atoms with E-state index in [-0.39, 0.29) is 6.10 Å². The summed E-state index contributed by atoms with van der Waals surface area (Å²) in [6.07, 6.45) is 3.99. The fourth-order valence-corrected chi connectivity index (χ4v) is 0.955. The smallest absolute Gasteiger partial charge is 0.155 e. The van der Waals surface area contributed by atoms with Gasteiger partial charge in [-0.3, -0.25) is 0 Å². The van der Waals surface area contributed by atoms with Gasteiger partial charge in [0, 0.05) is 0 Å². The van der Waals surface area contributed by atoms with Crippen LogP contribution < -0.4 is 0 Å². The van der Waals surface area contributed by atoms with Gasteiger partial charge in [0.05, 0.1) is 12.5 Å². The molecule has 1 unspecified atom stereocenters. The highest BCUT2D eigenvalue weighted by molar-refractivity contribution is 5.02. The van der Waals surface area contributed by atoms with Crippen LogP contribution in [0, 0.1) is 0 Å². The molecule has 1 aromatic heterocycles. The summed E-state index contributed by atoms with van der Waals surface area (Å²) in [5.74, 6) is 0.854. The molecule has 0 saturated carbocycles. The quantitative estimate of drug-likeness (QED) is 0.619. The third-order valence-electron chi connectivity index (χ3n) is 1.49. The van der Waals surface area contributed by atoms with Crippen LogP contribution in [0.1, 0.15) is 25.2 Å². The van der Waals surface area contributed by atoms with Gasteiger partial charge < -0.3 is 9.15 Å². The van der Waals surface area contributed by atoms with Crippen LogP contribution in [0.5, 0.6) is 0 Å². The van der Waals surface area contributed by atoms with Gasteiger partial charge in [0.15, 0.2) is 6.10 Å². The van der Waals surface area contributed by atoms with Gasteiger partial charge in [-0.2, -0.15) is 0 Å². The van der Waals surface area contributed by atoms with E-state index in [1.165, 1.54) is 6.26 Å². The number of ether oxygens (including phenoxy) is 1. The molecule has 0 aliphatic carbocycles. The molecule has 0 fully saturated rings. The van der Waals surface area contributed by atoms with E-state index >= 15 is 0 Å². The van der Waals surface area contributed by atoms with Crippen LogP contribution in [0.3, 0.4) is 0 Å². The predicted molar refractivity (Wildman–Crippen MR) is 43.0 cm³/mol. The molecule has 11 heavy (non-hydrogen) atoms. The molecular formula is C9H12O2.